The first-order valence-corrected chi connectivity index (χ1v) is 6.89. The van der Waals surface area contributed by atoms with Gasteiger partial charge in [0.05, 0.1) is 11.4 Å². The Bertz CT molecular complexity index is 677. The standard InChI is InChI=1S/C17H18N2O/c1-11-6-7-13(10-12(11)2)14-4-3-5-15-17(14)18-9-8-16(20)19-15/h3-7,10,18H,8-9H2,1-2H3,(H,19,20). The van der Waals surface area contributed by atoms with Gasteiger partial charge in [0, 0.05) is 18.5 Å². The smallest absolute Gasteiger partial charge is 0.226 e. The summed E-state index contributed by atoms with van der Waals surface area (Å²) in [6.45, 7) is 4.90. The van der Waals surface area contributed by atoms with Gasteiger partial charge in [-0.05, 0) is 36.6 Å². The van der Waals surface area contributed by atoms with Gasteiger partial charge in [-0.15, -0.1) is 0 Å². The molecule has 102 valence electrons. The highest BCUT2D eigenvalue weighted by Crippen LogP contribution is 2.36. The summed E-state index contributed by atoms with van der Waals surface area (Å²) in [6, 6.07) is 12.5. The monoisotopic (exact) mass is 266 g/mol. The van der Waals surface area contributed by atoms with E-state index in [1.165, 1.54) is 16.7 Å². The summed E-state index contributed by atoms with van der Waals surface area (Å²) in [4.78, 5) is 11.6. The van der Waals surface area contributed by atoms with Crippen LogP contribution in [0, 0.1) is 13.8 Å². The van der Waals surface area contributed by atoms with Crippen LogP contribution in [0.3, 0.4) is 0 Å². The molecule has 1 amide bonds. The average Bonchev–Trinajstić information content (AvgIpc) is 2.62. The van der Waals surface area contributed by atoms with Gasteiger partial charge in [0.15, 0.2) is 0 Å². The van der Waals surface area contributed by atoms with E-state index in [2.05, 4.69) is 48.7 Å². The van der Waals surface area contributed by atoms with E-state index < -0.39 is 0 Å². The van der Waals surface area contributed by atoms with Crippen LogP contribution >= 0.6 is 0 Å². The average molecular weight is 266 g/mol. The zero-order valence-corrected chi connectivity index (χ0v) is 11.8. The van der Waals surface area contributed by atoms with Crippen LogP contribution in [0.4, 0.5) is 11.4 Å². The molecule has 0 saturated carbocycles. The number of fused-ring (bicyclic) bond motifs is 1. The van der Waals surface area contributed by atoms with Crippen LogP contribution in [-0.4, -0.2) is 12.5 Å². The highest BCUT2D eigenvalue weighted by atomic mass is 16.1. The van der Waals surface area contributed by atoms with E-state index in [1.807, 2.05) is 12.1 Å². The SMILES string of the molecule is Cc1ccc(-c2cccc3c2NCCC(=O)N3)cc1C. The molecule has 0 unspecified atom stereocenters. The molecule has 3 heteroatoms. The first-order valence-electron chi connectivity index (χ1n) is 6.89. The third-order valence-electron chi connectivity index (χ3n) is 3.81. The van der Waals surface area contributed by atoms with Gasteiger partial charge in [0.25, 0.3) is 0 Å². The van der Waals surface area contributed by atoms with Crippen LogP contribution < -0.4 is 10.6 Å². The highest BCUT2D eigenvalue weighted by molar-refractivity contribution is 5.99. The zero-order valence-electron chi connectivity index (χ0n) is 11.8. The minimum atomic E-state index is 0.0634. The lowest BCUT2D eigenvalue weighted by Crippen LogP contribution is -2.10. The molecule has 0 saturated heterocycles. The molecule has 2 aromatic carbocycles. The number of hydrogen-bond acceptors (Lipinski definition) is 2. The molecule has 0 fully saturated rings. The molecule has 2 N–H and O–H groups in total. The van der Waals surface area contributed by atoms with Gasteiger partial charge in [-0.1, -0.05) is 30.3 Å². The van der Waals surface area contributed by atoms with Crippen molar-refractivity contribution in [3.05, 3.63) is 47.5 Å². The maximum atomic E-state index is 11.6. The summed E-state index contributed by atoms with van der Waals surface area (Å²) in [5.41, 5.74) is 6.75. The van der Waals surface area contributed by atoms with Crippen molar-refractivity contribution in [3.8, 4) is 11.1 Å². The topological polar surface area (TPSA) is 41.1 Å². The van der Waals surface area contributed by atoms with Crippen molar-refractivity contribution in [1.82, 2.24) is 0 Å². The summed E-state index contributed by atoms with van der Waals surface area (Å²) >= 11 is 0. The van der Waals surface area contributed by atoms with Crippen molar-refractivity contribution in [3.63, 3.8) is 0 Å². The van der Waals surface area contributed by atoms with Gasteiger partial charge in [-0.2, -0.15) is 0 Å². The Morgan fingerprint density at radius 2 is 1.90 bits per heavy atom. The summed E-state index contributed by atoms with van der Waals surface area (Å²) < 4.78 is 0. The summed E-state index contributed by atoms with van der Waals surface area (Å²) in [6.07, 6.45) is 0.501. The molecule has 3 nitrogen and oxygen atoms in total. The number of amides is 1. The Morgan fingerprint density at radius 1 is 1.05 bits per heavy atom. The lowest BCUT2D eigenvalue weighted by atomic mass is 9.98. The molecule has 0 radical (unpaired) electrons. The fraction of sp³-hybridized carbons (Fsp3) is 0.235. The van der Waals surface area contributed by atoms with Crippen LogP contribution in [0.25, 0.3) is 11.1 Å². The number of carbonyl (C=O) groups excluding carboxylic acids is 1. The predicted octanol–water partition coefficient (Wildman–Crippen LogP) is 3.72. The van der Waals surface area contributed by atoms with Gasteiger partial charge < -0.3 is 10.6 Å². The van der Waals surface area contributed by atoms with Gasteiger partial charge in [0.2, 0.25) is 5.91 Å². The minimum absolute atomic E-state index is 0.0634. The van der Waals surface area contributed by atoms with Crippen molar-refractivity contribution in [2.75, 3.05) is 17.2 Å². The molecule has 1 aliphatic rings. The van der Waals surface area contributed by atoms with Gasteiger partial charge in [-0.25, -0.2) is 0 Å². The van der Waals surface area contributed by atoms with E-state index >= 15 is 0 Å². The number of nitrogens with one attached hydrogen (secondary N) is 2. The van der Waals surface area contributed by atoms with Crippen LogP contribution in [0.2, 0.25) is 0 Å². The van der Waals surface area contributed by atoms with E-state index in [4.69, 9.17) is 0 Å². The molecule has 0 bridgehead atoms. The van der Waals surface area contributed by atoms with E-state index in [-0.39, 0.29) is 5.91 Å². The molecule has 0 aromatic heterocycles. The molecule has 20 heavy (non-hydrogen) atoms. The fourth-order valence-electron chi connectivity index (χ4n) is 2.51. The summed E-state index contributed by atoms with van der Waals surface area (Å²) in [5, 5.41) is 6.33. The highest BCUT2D eigenvalue weighted by Gasteiger charge is 2.16. The summed E-state index contributed by atoms with van der Waals surface area (Å²) in [5.74, 6) is 0.0634. The fourth-order valence-corrected chi connectivity index (χ4v) is 2.51. The Labute approximate surface area is 119 Å². The number of carbonyl (C=O) groups is 1. The predicted molar refractivity (Wildman–Crippen MR) is 83.1 cm³/mol. The Balaban J connectivity index is 2.12. The minimum Gasteiger partial charge on any atom is -0.382 e. The van der Waals surface area contributed by atoms with Crippen molar-refractivity contribution >= 4 is 17.3 Å². The second-order valence-electron chi connectivity index (χ2n) is 5.25. The Kier molecular flexibility index (Phi) is 3.18. The van der Waals surface area contributed by atoms with Gasteiger partial charge in [0.1, 0.15) is 0 Å². The molecule has 2 aromatic rings. The maximum Gasteiger partial charge on any atom is 0.226 e. The largest absolute Gasteiger partial charge is 0.382 e. The second-order valence-corrected chi connectivity index (χ2v) is 5.25. The molecular weight excluding hydrogens is 248 g/mol. The number of rotatable bonds is 1. The maximum absolute atomic E-state index is 11.6. The molecule has 1 aliphatic heterocycles. The number of hydrogen-bond donors (Lipinski definition) is 2. The lowest BCUT2D eigenvalue weighted by Gasteiger charge is -2.14. The van der Waals surface area contributed by atoms with Crippen LogP contribution in [0.1, 0.15) is 17.5 Å². The molecule has 0 atom stereocenters. The second kappa shape index (κ2) is 5.00. The van der Waals surface area contributed by atoms with Crippen molar-refractivity contribution in [2.24, 2.45) is 0 Å². The van der Waals surface area contributed by atoms with E-state index in [9.17, 15) is 4.79 Å². The molecular formula is C17H18N2O. The third kappa shape index (κ3) is 2.27. The van der Waals surface area contributed by atoms with E-state index in [0.717, 1.165) is 16.9 Å². The number of para-hydroxylation sites is 1. The number of aryl methyl sites for hydroxylation is 2. The number of anilines is 2. The summed E-state index contributed by atoms with van der Waals surface area (Å²) in [7, 11) is 0. The van der Waals surface area contributed by atoms with Gasteiger partial charge >= 0.3 is 0 Å². The van der Waals surface area contributed by atoms with E-state index in [1.54, 1.807) is 0 Å². The van der Waals surface area contributed by atoms with Crippen LogP contribution in [-0.2, 0) is 4.79 Å². The lowest BCUT2D eigenvalue weighted by molar-refractivity contribution is -0.115. The molecule has 0 aliphatic carbocycles. The third-order valence-corrected chi connectivity index (χ3v) is 3.81. The normalized spacial score (nSPS) is 14.0. The Morgan fingerprint density at radius 3 is 2.70 bits per heavy atom. The molecule has 1 heterocycles. The first kappa shape index (κ1) is 12.7. The van der Waals surface area contributed by atoms with Gasteiger partial charge in [-0.3, -0.25) is 4.79 Å². The molecule has 0 spiro atoms. The quantitative estimate of drug-likeness (QED) is 0.826. The molecule has 3 rings (SSSR count). The van der Waals surface area contributed by atoms with E-state index in [0.29, 0.717) is 13.0 Å². The number of benzene rings is 2. The van der Waals surface area contributed by atoms with Crippen LogP contribution in [0.15, 0.2) is 36.4 Å². The Hall–Kier alpha value is -2.29. The van der Waals surface area contributed by atoms with Crippen molar-refractivity contribution in [2.45, 2.75) is 20.3 Å². The van der Waals surface area contributed by atoms with Crippen molar-refractivity contribution < 1.29 is 4.79 Å². The van der Waals surface area contributed by atoms with Crippen molar-refractivity contribution in [1.29, 1.82) is 0 Å². The zero-order chi connectivity index (χ0) is 14.1. The first-order chi connectivity index (χ1) is 9.65. The van der Waals surface area contributed by atoms with Crippen LogP contribution in [0.5, 0.6) is 0 Å².